The van der Waals surface area contributed by atoms with Crippen LogP contribution in [0.4, 0.5) is 5.69 Å². The van der Waals surface area contributed by atoms with Gasteiger partial charge in [0.2, 0.25) is 0 Å². The van der Waals surface area contributed by atoms with Gasteiger partial charge in [-0.2, -0.15) is 5.10 Å². The number of aromatic nitrogens is 2. The van der Waals surface area contributed by atoms with E-state index in [1.165, 1.54) is 0 Å². The van der Waals surface area contributed by atoms with Crippen LogP contribution < -0.4 is 9.64 Å². The summed E-state index contributed by atoms with van der Waals surface area (Å²) in [6.07, 6.45) is 2.15. The number of ether oxygens (including phenoxy) is 1. The number of benzene rings is 2. The molecule has 6 nitrogen and oxygen atoms in total. The second-order valence-electron chi connectivity index (χ2n) is 7.65. The molecule has 162 valence electrons. The number of H-pyrrole nitrogens is 1. The van der Waals surface area contributed by atoms with Gasteiger partial charge in [0.25, 0.3) is 5.91 Å². The van der Waals surface area contributed by atoms with E-state index in [-0.39, 0.29) is 5.91 Å². The van der Waals surface area contributed by atoms with Gasteiger partial charge < -0.3 is 14.5 Å². The van der Waals surface area contributed by atoms with Gasteiger partial charge in [-0.25, -0.2) is 0 Å². The highest BCUT2D eigenvalue weighted by Crippen LogP contribution is 2.23. The molecule has 4 rings (SSSR count). The van der Waals surface area contributed by atoms with Crippen molar-refractivity contribution in [3.8, 4) is 17.0 Å². The van der Waals surface area contributed by atoms with Crippen molar-refractivity contribution in [3.63, 3.8) is 0 Å². The van der Waals surface area contributed by atoms with E-state index < -0.39 is 0 Å². The summed E-state index contributed by atoms with van der Waals surface area (Å²) in [6, 6.07) is 17.5. The molecule has 1 saturated heterocycles. The molecule has 1 aliphatic rings. The lowest BCUT2D eigenvalue weighted by molar-refractivity contribution is 0.0741. The van der Waals surface area contributed by atoms with Crippen LogP contribution in [0.2, 0.25) is 5.02 Å². The molecule has 3 aromatic rings. The van der Waals surface area contributed by atoms with Crippen LogP contribution in [0.25, 0.3) is 11.3 Å². The number of anilines is 1. The molecule has 0 unspecified atom stereocenters. The van der Waals surface area contributed by atoms with E-state index in [1.807, 2.05) is 59.5 Å². The third-order valence-corrected chi connectivity index (χ3v) is 5.74. The number of rotatable bonds is 7. The molecule has 1 amide bonds. The van der Waals surface area contributed by atoms with Crippen LogP contribution in [0, 0.1) is 0 Å². The molecular weight excluding hydrogens is 412 g/mol. The Hall–Kier alpha value is -2.99. The first kappa shape index (κ1) is 21.2. The van der Waals surface area contributed by atoms with Crippen LogP contribution in [-0.2, 0) is 0 Å². The molecule has 0 radical (unpaired) electrons. The number of carbonyl (C=O) groups is 1. The van der Waals surface area contributed by atoms with Crippen molar-refractivity contribution in [2.45, 2.75) is 19.8 Å². The van der Waals surface area contributed by atoms with E-state index in [9.17, 15) is 4.79 Å². The van der Waals surface area contributed by atoms with Crippen molar-refractivity contribution >= 4 is 23.2 Å². The zero-order valence-electron chi connectivity index (χ0n) is 17.7. The molecule has 1 aliphatic heterocycles. The predicted octanol–water partition coefficient (Wildman–Crippen LogP) is 4.87. The number of nitrogens with one attached hydrogen (secondary N) is 1. The van der Waals surface area contributed by atoms with Crippen molar-refractivity contribution in [2.24, 2.45) is 0 Å². The zero-order chi connectivity index (χ0) is 21.6. The average Bonchev–Trinajstić information content (AvgIpc) is 3.30. The number of aromatic amines is 1. The molecule has 0 atom stereocenters. The van der Waals surface area contributed by atoms with Crippen molar-refractivity contribution < 1.29 is 9.53 Å². The average molecular weight is 439 g/mol. The summed E-state index contributed by atoms with van der Waals surface area (Å²) >= 11 is 5.98. The number of halogens is 1. The van der Waals surface area contributed by atoms with Gasteiger partial charge in [-0.1, -0.05) is 24.9 Å². The number of carbonyl (C=O) groups excluding carboxylic acids is 1. The SMILES string of the molecule is CCCCOc1ccc(-c2cc(C(=O)N3CCN(c4ccc(Cl)cc4)CC3)[nH]n2)cc1. The van der Waals surface area contributed by atoms with E-state index in [2.05, 4.69) is 22.0 Å². The van der Waals surface area contributed by atoms with Crippen molar-refractivity contribution in [1.29, 1.82) is 0 Å². The van der Waals surface area contributed by atoms with Crippen LogP contribution in [0.1, 0.15) is 30.3 Å². The van der Waals surface area contributed by atoms with Gasteiger partial charge in [0.1, 0.15) is 11.4 Å². The summed E-state index contributed by atoms with van der Waals surface area (Å²) in [4.78, 5) is 17.1. The first-order valence-electron chi connectivity index (χ1n) is 10.7. The maximum absolute atomic E-state index is 12.9. The topological polar surface area (TPSA) is 61.5 Å². The minimum absolute atomic E-state index is 0.0194. The zero-order valence-corrected chi connectivity index (χ0v) is 18.4. The molecule has 2 heterocycles. The molecule has 0 aliphatic carbocycles. The minimum Gasteiger partial charge on any atom is -0.494 e. The lowest BCUT2D eigenvalue weighted by Gasteiger charge is -2.35. The Labute approximate surface area is 187 Å². The van der Waals surface area contributed by atoms with Gasteiger partial charge in [0.05, 0.1) is 12.3 Å². The summed E-state index contributed by atoms with van der Waals surface area (Å²) in [5.74, 6) is 0.830. The highest BCUT2D eigenvalue weighted by molar-refractivity contribution is 6.30. The first-order chi connectivity index (χ1) is 15.1. The van der Waals surface area contributed by atoms with E-state index in [0.29, 0.717) is 18.8 Å². The van der Waals surface area contributed by atoms with Gasteiger partial charge >= 0.3 is 0 Å². The molecule has 1 N–H and O–H groups in total. The number of hydrogen-bond acceptors (Lipinski definition) is 4. The molecule has 31 heavy (non-hydrogen) atoms. The monoisotopic (exact) mass is 438 g/mol. The Bertz CT molecular complexity index is 993. The lowest BCUT2D eigenvalue weighted by Crippen LogP contribution is -2.48. The standard InChI is InChI=1S/C24H27ClN4O2/c1-2-3-16-31-21-10-4-18(5-11-21)22-17-23(27-26-22)24(30)29-14-12-28(13-15-29)20-8-6-19(25)7-9-20/h4-11,17H,2-3,12-16H2,1H3,(H,26,27). The number of nitrogens with zero attached hydrogens (tertiary/aromatic N) is 3. The molecule has 1 aromatic heterocycles. The molecule has 1 fully saturated rings. The second-order valence-corrected chi connectivity index (χ2v) is 8.09. The van der Waals surface area contributed by atoms with Crippen LogP contribution in [0.15, 0.2) is 54.6 Å². The quantitative estimate of drug-likeness (QED) is 0.534. The Kier molecular flexibility index (Phi) is 6.77. The number of hydrogen-bond donors (Lipinski definition) is 1. The summed E-state index contributed by atoms with van der Waals surface area (Å²) in [5.41, 5.74) is 3.34. The van der Waals surface area contributed by atoms with Crippen LogP contribution in [-0.4, -0.2) is 53.8 Å². The van der Waals surface area contributed by atoms with E-state index in [4.69, 9.17) is 16.3 Å². The smallest absolute Gasteiger partial charge is 0.272 e. The van der Waals surface area contributed by atoms with Crippen molar-refractivity contribution in [3.05, 3.63) is 65.3 Å². The first-order valence-corrected chi connectivity index (χ1v) is 11.1. The Morgan fingerprint density at radius 3 is 2.45 bits per heavy atom. The fourth-order valence-corrected chi connectivity index (χ4v) is 3.75. The third-order valence-electron chi connectivity index (χ3n) is 5.48. The highest BCUT2D eigenvalue weighted by atomic mass is 35.5. The van der Waals surface area contributed by atoms with E-state index in [1.54, 1.807) is 0 Å². The van der Waals surface area contributed by atoms with Crippen LogP contribution in [0.3, 0.4) is 0 Å². The van der Waals surface area contributed by atoms with Gasteiger partial charge in [-0.15, -0.1) is 0 Å². The lowest BCUT2D eigenvalue weighted by atomic mass is 10.1. The minimum atomic E-state index is -0.0194. The Morgan fingerprint density at radius 2 is 1.77 bits per heavy atom. The third kappa shape index (κ3) is 5.20. The maximum Gasteiger partial charge on any atom is 0.272 e. The maximum atomic E-state index is 12.9. The summed E-state index contributed by atoms with van der Waals surface area (Å²) in [6.45, 7) is 5.77. The number of amides is 1. The molecule has 2 aromatic carbocycles. The molecule has 0 saturated carbocycles. The van der Waals surface area contributed by atoms with E-state index >= 15 is 0 Å². The summed E-state index contributed by atoms with van der Waals surface area (Å²) in [5, 5.41) is 7.98. The fraction of sp³-hybridized carbons (Fsp3) is 0.333. The molecular formula is C24H27ClN4O2. The Balaban J connectivity index is 1.34. The number of unbranched alkanes of at least 4 members (excludes halogenated alkanes) is 1. The molecule has 0 spiro atoms. The van der Waals surface area contributed by atoms with Crippen molar-refractivity contribution in [2.75, 3.05) is 37.7 Å². The normalized spacial score (nSPS) is 14.0. The summed E-state index contributed by atoms with van der Waals surface area (Å²) in [7, 11) is 0. The predicted molar refractivity (Wildman–Crippen MR) is 124 cm³/mol. The molecule has 0 bridgehead atoms. The van der Waals surface area contributed by atoms with Gasteiger partial charge in [-0.05, 0) is 61.0 Å². The highest BCUT2D eigenvalue weighted by Gasteiger charge is 2.24. The van der Waals surface area contributed by atoms with Gasteiger partial charge in [0.15, 0.2) is 0 Å². The van der Waals surface area contributed by atoms with E-state index in [0.717, 1.165) is 60.3 Å². The summed E-state index contributed by atoms with van der Waals surface area (Å²) < 4.78 is 5.71. The number of piperazine rings is 1. The largest absolute Gasteiger partial charge is 0.494 e. The second kappa shape index (κ2) is 9.88. The van der Waals surface area contributed by atoms with Gasteiger partial charge in [-0.3, -0.25) is 9.89 Å². The van der Waals surface area contributed by atoms with Gasteiger partial charge in [0, 0.05) is 42.5 Å². The van der Waals surface area contributed by atoms with Crippen LogP contribution >= 0.6 is 11.6 Å². The Morgan fingerprint density at radius 1 is 1.06 bits per heavy atom. The molecule has 7 heteroatoms. The fourth-order valence-electron chi connectivity index (χ4n) is 3.63. The van der Waals surface area contributed by atoms with Crippen molar-refractivity contribution in [1.82, 2.24) is 15.1 Å². The van der Waals surface area contributed by atoms with Crippen LogP contribution in [0.5, 0.6) is 5.75 Å².